The minimum absolute atomic E-state index is 0.337. The molecule has 1 aromatic heterocycles. The van der Waals surface area contributed by atoms with Gasteiger partial charge in [-0.3, -0.25) is 10.0 Å². The zero-order valence-corrected chi connectivity index (χ0v) is 7.63. The summed E-state index contributed by atoms with van der Waals surface area (Å²) in [5, 5.41) is 12.1. The summed E-state index contributed by atoms with van der Waals surface area (Å²) >= 11 is 0. The van der Waals surface area contributed by atoms with Gasteiger partial charge < -0.3 is 4.52 Å². The highest BCUT2D eigenvalue weighted by molar-refractivity contribution is 5.95. The van der Waals surface area contributed by atoms with E-state index in [-0.39, 0.29) is 0 Å². The van der Waals surface area contributed by atoms with Gasteiger partial charge in [0.2, 0.25) is 0 Å². The number of nitrogens with zero attached hydrogens (tertiary/aromatic N) is 1. The molecule has 1 aromatic rings. The number of hydrogen-bond acceptors (Lipinski definition) is 4. The number of hydrogen-bond donors (Lipinski definition) is 2. The zero-order chi connectivity index (χ0) is 9.84. The second-order valence-electron chi connectivity index (χ2n) is 2.76. The summed E-state index contributed by atoms with van der Waals surface area (Å²) in [5.41, 5.74) is 2.40. The Hall–Kier alpha value is -1.36. The maximum absolute atomic E-state index is 11.1. The topological polar surface area (TPSA) is 75.4 Å². The average Bonchev–Trinajstić information content (AvgIpc) is 2.47. The van der Waals surface area contributed by atoms with Gasteiger partial charge in [0, 0.05) is 6.42 Å². The van der Waals surface area contributed by atoms with Crippen molar-refractivity contribution in [3.05, 3.63) is 17.0 Å². The van der Waals surface area contributed by atoms with Gasteiger partial charge in [0.05, 0.1) is 5.69 Å². The van der Waals surface area contributed by atoms with E-state index in [1.165, 1.54) is 0 Å². The van der Waals surface area contributed by atoms with Crippen molar-refractivity contribution in [2.45, 2.75) is 26.7 Å². The van der Waals surface area contributed by atoms with E-state index in [9.17, 15) is 4.79 Å². The van der Waals surface area contributed by atoms with Crippen molar-refractivity contribution in [3.8, 4) is 0 Å². The molecule has 0 fully saturated rings. The highest BCUT2D eigenvalue weighted by Gasteiger charge is 2.18. The molecule has 0 aliphatic carbocycles. The van der Waals surface area contributed by atoms with Gasteiger partial charge in [-0.15, -0.1) is 0 Å². The Bertz CT molecular complexity index is 306. The molecule has 2 N–H and O–H groups in total. The fourth-order valence-electron chi connectivity index (χ4n) is 1.16. The summed E-state index contributed by atoms with van der Waals surface area (Å²) < 4.78 is 4.94. The second kappa shape index (κ2) is 4.04. The summed E-state index contributed by atoms with van der Waals surface area (Å²) in [6, 6.07) is 0. The van der Waals surface area contributed by atoms with Crippen molar-refractivity contribution in [1.82, 2.24) is 10.6 Å². The summed E-state index contributed by atoms with van der Waals surface area (Å²) in [6.45, 7) is 3.63. The molecular formula is C8H12N2O3. The lowest BCUT2D eigenvalue weighted by atomic mass is 10.1. The number of amides is 1. The normalized spacial score (nSPS) is 10.1. The van der Waals surface area contributed by atoms with Crippen LogP contribution < -0.4 is 5.48 Å². The fraction of sp³-hybridized carbons (Fsp3) is 0.500. The molecule has 0 aliphatic heterocycles. The van der Waals surface area contributed by atoms with Gasteiger partial charge in [-0.1, -0.05) is 12.1 Å². The Morgan fingerprint density at radius 2 is 2.38 bits per heavy atom. The Morgan fingerprint density at radius 1 is 1.69 bits per heavy atom. The molecule has 0 radical (unpaired) electrons. The summed E-state index contributed by atoms with van der Waals surface area (Å²) in [5.74, 6) is -0.0475. The molecular weight excluding hydrogens is 172 g/mol. The van der Waals surface area contributed by atoms with Crippen molar-refractivity contribution in [1.29, 1.82) is 0 Å². The largest absolute Gasteiger partial charge is 0.360 e. The quantitative estimate of drug-likeness (QED) is 0.544. The van der Waals surface area contributed by atoms with Gasteiger partial charge in [-0.2, -0.15) is 0 Å². The van der Waals surface area contributed by atoms with Crippen LogP contribution in [-0.4, -0.2) is 16.3 Å². The van der Waals surface area contributed by atoms with Gasteiger partial charge in [-0.25, -0.2) is 5.48 Å². The monoisotopic (exact) mass is 184 g/mol. The molecule has 13 heavy (non-hydrogen) atoms. The predicted molar refractivity (Wildman–Crippen MR) is 44.5 cm³/mol. The van der Waals surface area contributed by atoms with E-state index in [2.05, 4.69) is 5.16 Å². The molecule has 1 amide bonds. The maximum Gasteiger partial charge on any atom is 0.280 e. The first kappa shape index (κ1) is 9.73. The van der Waals surface area contributed by atoms with Crippen LogP contribution in [0.2, 0.25) is 0 Å². The van der Waals surface area contributed by atoms with Crippen LogP contribution in [0.15, 0.2) is 4.52 Å². The van der Waals surface area contributed by atoms with Crippen LogP contribution in [-0.2, 0) is 6.42 Å². The van der Waals surface area contributed by atoms with E-state index in [1.54, 1.807) is 12.4 Å². The molecule has 72 valence electrons. The molecule has 0 atom stereocenters. The van der Waals surface area contributed by atoms with E-state index in [0.717, 1.165) is 6.42 Å². The minimum Gasteiger partial charge on any atom is -0.360 e. The van der Waals surface area contributed by atoms with Crippen LogP contribution >= 0.6 is 0 Å². The Balaban J connectivity index is 3.01. The average molecular weight is 184 g/mol. The third-order valence-electron chi connectivity index (χ3n) is 1.74. The number of aromatic nitrogens is 1. The highest BCUT2D eigenvalue weighted by atomic mass is 16.5. The van der Waals surface area contributed by atoms with Gasteiger partial charge in [0.1, 0.15) is 11.3 Å². The van der Waals surface area contributed by atoms with Crippen molar-refractivity contribution in [2.24, 2.45) is 0 Å². The Labute approximate surface area is 75.7 Å². The lowest BCUT2D eigenvalue weighted by Gasteiger charge is -1.97. The summed E-state index contributed by atoms with van der Waals surface area (Å²) in [4.78, 5) is 11.1. The molecule has 0 aromatic carbocycles. The van der Waals surface area contributed by atoms with Crippen LogP contribution in [0.5, 0.6) is 0 Å². The van der Waals surface area contributed by atoms with Gasteiger partial charge >= 0.3 is 0 Å². The molecule has 1 heterocycles. The number of nitrogens with one attached hydrogen (secondary N) is 1. The van der Waals surface area contributed by atoms with Crippen molar-refractivity contribution in [2.75, 3.05) is 0 Å². The first-order chi connectivity index (χ1) is 6.20. The van der Waals surface area contributed by atoms with Crippen LogP contribution in [0.3, 0.4) is 0 Å². The summed E-state index contributed by atoms with van der Waals surface area (Å²) in [7, 11) is 0. The fourth-order valence-corrected chi connectivity index (χ4v) is 1.16. The number of carbonyl (C=O) groups excluding carboxylic acids is 1. The SMILES string of the molecule is CCCc1onc(C)c1C(=O)NO. The van der Waals surface area contributed by atoms with Gasteiger partial charge in [-0.05, 0) is 13.3 Å². The number of carbonyl (C=O) groups is 1. The first-order valence-corrected chi connectivity index (χ1v) is 4.10. The molecule has 1 rings (SSSR count). The van der Waals surface area contributed by atoms with Crippen molar-refractivity contribution in [3.63, 3.8) is 0 Å². The molecule has 0 spiro atoms. The highest BCUT2D eigenvalue weighted by Crippen LogP contribution is 2.14. The molecule has 0 bridgehead atoms. The third kappa shape index (κ3) is 1.86. The van der Waals surface area contributed by atoms with Crippen molar-refractivity contribution < 1.29 is 14.5 Å². The Kier molecular flexibility index (Phi) is 3.02. The first-order valence-electron chi connectivity index (χ1n) is 4.10. The van der Waals surface area contributed by atoms with Crippen LogP contribution in [0, 0.1) is 6.92 Å². The van der Waals surface area contributed by atoms with Crippen LogP contribution in [0.25, 0.3) is 0 Å². The van der Waals surface area contributed by atoms with E-state index >= 15 is 0 Å². The number of aryl methyl sites for hydroxylation is 2. The van der Waals surface area contributed by atoms with Gasteiger partial charge in [0.15, 0.2) is 0 Å². The standard InChI is InChI=1S/C8H12N2O3/c1-3-4-6-7(8(11)9-12)5(2)10-13-6/h12H,3-4H2,1-2H3,(H,9,11). The molecule has 0 aliphatic rings. The maximum atomic E-state index is 11.1. The predicted octanol–water partition coefficient (Wildman–Crippen LogP) is 1.05. The van der Waals surface area contributed by atoms with E-state index in [0.29, 0.717) is 23.4 Å². The molecule has 0 unspecified atom stereocenters. The zero-order valence-electron chi connectivity index (χ0n) is 7.63. The van der Waals surface area contributed by atoms with Crippen molar-refractivity contribution >= 4 is 5.91 Å². The van der Waals surface area contributed by atoms with E-state index < -0.39 is 5.91 Å². The minimum atomic E-state index is -0.567. The number of rotatable bonds is 3. The number of hydroxylamine groups is 1. The van der Waals surface area contributed by atoms with E-state index in [1.807, 2.05) is 6.92 Å². The van der Waals surface area contributed by atoms with Crippen LogP contribution in [0.4, 0.5) is 0 Å². The molecule has 5 nitrogen and oxygen atoms in total. The smallest absolute Gasteiger partial charge is 0.280 e. The second-order valence-corrected chi connectivity index (χ2v) is 2.76. The molecule has 0 saturated carbocycles. The lowest BCUT2D eigenvalue weighted by Crippen LogP contribution is -2.20. The molecule has 0 saturated heterocycles. The lowest BCUT2D eigenvalue weighted by molar-refractivity contribution is 0.0703. The van der Waals surface area contributed by atoms with Crippen LogP contribution in [0.1, 0.15) is 35.2 Å². The summed E-state index contributed by atoms with van der Waals surface area (Å²) in [6.07, 6.45) is 1.50. The Morgan fingerprint density at radius 3 is 2.92 bits per heavy atom. The third-order valence-corrected chi connectivity index (χ3v) is 1.74. The van der Waals surface area contributed by atoms with E-state index in [4.69, 9.17) is 9.73 Å². The molecule has 5 heteroatoms. The van der Waals surface area contributed by atoms with Gasteiger partial charge in [0.25, 0.3) is 5.91 Å².